The van der Waals surface area contributed by atoms with Crippen molar-refractivity contribution in [2.45, 2.75) is 18.8 Å². The van der Waals surface area contributed by atoms with Crippen molar-refractivity contribution in [3.05, 3.63) is 122 Å². The molecule has 1 aliphatic carbocycles. The average molecular weight is 580 g/mol. The Balaban J connectivity index is 1.48. The molecule has 0 bridgehead atoms. The number of pyridine rings is 1. The van der Waals surface area contributed by atoms with Crippen LogP contribution in [0.2, 0.25) is 0 Å². The van der Waals surface area contributed by atoms with Gasteiger partial charge in [0.25, 0.3) is 11.2 Å². The van der Waals surface area contributed by atoms with Gasteiger partial charge in [-0.05, 0) is 60.4 Å². The number of hydrogen-bond donors (Lipinski definition) is 0. The summed E-state index contributed by atoms with van der Waals surface area (Å²) < 4.78 is 12.2. The van der Waals surface area contributed by atoms with Crippen LogP contribution >= 0.6 is 11.3 Å². The van der Waals surface area contributed by atoms with Crippen molar-refractivity contribution in [3.8, 4) is 39.0 Å². The molecule has 6 rings (SSSR count). The van der Waals surface area contributed by atoms with Crippen LogP contribution in [0, 0.1) is 10.1 Å². The predicted molar refractivity (Wildman–Crippen MR) is 160 cm³/mol. The molecule has 9 nitrogen and oxygen atoms in total. The number of benzene rings is 3. The van der Waals surface area contributed by atoms with Gasteiger partial charge >= 0.3 is 0 Å². The number of hydrogen-bond acceptors (Lipinski definition) is 8. The average Bonchev–Trinajstić information content (AvgIpc) is 3.51. The molecule has 0 fully saturated rings. The molecule has 10 heteroatoms. The predicted octanol–water partition coefficient (Wildman–Crippen LogP) is 6.47. The Hall–Kier alpha value is -5.09. The molecule has 2 heterocycles. The summed E-state index contributed by atoms with van der Waals surface area (Å²) in [5.41, 5.74) is 3.75. The van der Waals surface area contributed by atoms with E-state index in [0.717, 1.165) is 11.3 Å². The second-order valence-electron chi connectivity index (χ2n) is 9.90. The first kappa shape index (κ1) is 27.1. The maximum atomic E-state index is 14.2. The Morgan fingerprint density at radius 1 is 0.905 bits per heavy atom. The molecule has 0 spiro atoms. The van der Waals surface area contributed by atoms with Gasteiger partial charge in [-0.2, -0.15) is 0 Å². The number of fused-ring (bicyclic) bond motifs is 1. The summed E-state index contributed by atoms with van der Waals surface area (Å²) in [4.78, 5) is 43.3. The zero-order valence-electron chi connectivity index (χ0n) is 22.8. The number of nitrogens with zero attached hydrogens (tertiary/aromatic N) is 3. The van der Waals surface area contributed by atoms with Gasteiger partial charge in [-0.1, -0.05) is 24.3 Å². The topological polar surface area (TPSA) is 114 Å². The van der Waals surface area contributed by atoms with Crippen LogP contribution < -0.4 is 15.0 Å². The molecule has 0 N–H and O–H groups in total. The first-order chi connectivity index (χ1) is 20.4. The molecule has 1 aliphatic rings. The number of ketones is 1. The number of Topliss-reactive ketones (excluding diaryl/α,β-unsaturated/α-hetero) is 1. The Labute approximate surface area is 244 Å². The summed E-state index contributed by atoms with van der Waals surface area (Å²) >= 11 is 1.25. The monoisotopic (exact) mass is 579 g/mol. The van der Waals surface area contributed by atoms with Crippen molar-refractivity contribution in [1.29, 1.82) is 0 Å². The standard InChI is InChI=1S/C32H25N3O6S/c1-40-24-10-6-19(7-11-24)21-15-29-26(30(36)16-21)17-27(32(37)34(29)22-8-12-25(41-2)13-9-22)31-33-28(18-42-31)20-4-3-5-23(14-20)35(38)39/h3-14,17-18,21H,15-16H2,1-2H3/t21-/m1/s1. The minimum Gasteiger partial charge on any atom is -0.497 e. The van der Waals surface area contributed by atoms with Gasteiger partial charge in [0.05, 0.1) is 30.4 Å². The van der Waals surface area contributed by atoms with E-state index < -0.39 is 4.92 Å². The van der Waals surface area contributed by atoms with Crippen molar-refractivity contribution in [2.75, 3.05) is 14.2 Å². The largest absolute Gasteiger partial charge is 0.497 e. The molecule has 42 heavy (non-hydrogen) atoms. The highest BCUT2D eigenvalue weighted by Gasteiger charge is 2.31. The normalized spacial score (nSPS) is 14.3. The van der Waals surface area contributed by atoms with Crippen LogP contribution in [0.1, 0.15) is 34.0 Å². The van der Waals surface area contributed by atoms with Gasteiger partial charge in [0.15, 0.2) is 5.78 Å². The van der Waals surface area contributed by atoms with E-state index in [1.165, 1.54) is 23.5 Å². The highest BCUT2D eigenvalue weighted by molar-refractivity contribution is 7.13. The quantitative estimate of drug-likeness (QED) is 0.160. The lowest BCUT2D eigenvalue weighted by Crippen LogP contribution is -2.31. The van der Waals surface area contributed by atoms with Crippen LogP contribution in [-0.4, -0.2) is 34.5 Å². The number of nitro benzene ring substituents is 1. The molecule has 0 amide bonds. The van der Waals surface area contributed by atoms with E-state index in [-0.39, 0.29) is 22.9 Å². The first-order valence-corrected chi connectivity index (χ1v) is 14.1. The molecule has 210 valence electrons. The lowest BCUT2D eigenvalue weighted by molar-refractivity contribution is -0.384. The van der Waals surface area contributed by atoms with E-state index in [0.29, 0.717) is 57.4 Å². The number of rotatable bonds is 7. The second-order valence-corrected chi connectivity index (χ2v) is 10.8. The van der Waals surface area contributed by atoms with E-state index in [1.54, 1.807) is 66.6 Å². The molecule has 0 saturated heterocycles. The van der Waals surface area contributed by atoms with Gasteiger partial charge < -0.3 is 9.47 Å². The minimum atomic E-state index is -0.460. The summed E-state index contributed by atoms with van der Waals surface area (Å²) in [7, 11) is 3.18. The molecule has 0 saturated carbocycles. The number of aromatic nitrogens is 2. The fourth-order valence-electron chi connectivity index (χ4n) is 5.31. The van der Waals surface area contributed by atoms with Gasteiger partial charge in [-0.15, -0.1) is 11.3 Å². The first-order valence-electron chi connectivity index (χ1n) is 13.2. The van der Waals surface area contributed by atoms with Gasteiger partial charge in [0, 0.05) is 46.4 Å². The lowest BCUT2D eigenvalue weighted by atomic mass is 9.81. The smallest absolute Gasteiger partial charge is 0.270 e. The molecular formula is C32H25N3O6S. The van der Waals surface area contributed by atoms with Crippen molar-refractivity contribution >= 4 is 22.8 Å². The second kappa shape index (κ2) is 11.1. The zero-order chi connectivity index (χ0) is 29.4. The fraction of sp³-hybridized carbons (Fsp3) is 0.156. The Morgan fingerprint density at radius 3 is 2.26 bits per heavy atom. The Morgan fingerprint density at radius 2 is 1.60 bits per heavy atom. The summed E-state index contributed by atoms with van der Waals surface area (Å²) in [6, 6.07) is 22.6. The van der Waals surface area contributed by atoms with E-state index >= 15 is 0 Å². The highest BCUT2D eigenvalue weighted by atomic mass is 32.1. The Bertz CT molecular complexity index is 1880. The van der Waals surface area contributed by atoms with Crippen LogP contribution in [-0.2, 0) is 6.42 Å². The number of ether oxygens (including phenoxy) is 2. The van der Waals surface area contributed by atoms with Gasteiger partial charge in [-0.25, -0.2) is 4.98 Å². The van der Waals surface area contributed by atoms with E-state index in [1.807, 2.05) is 24.3 Å². The molecule has 0 unspecified atom stereocenters. The number of nitro groups is 1. The van der Waals surface area contributed by atoms with Crippen molar-refractivity contribution in [2.24, 2.45) is 0 Å². The molecule has 1 atom stereocenters. The SMILES string of the molecule is COc1ccc([C@H]2CC(=O)c3cc(-c4nc(-c5cccc([N+](=O)[O-])c5)cs4)c(=O)n(-c4ccc(OC)cc4)c3C2)cc1. The highest BCUT2D eigenvalue weighted by Crippen LogP contribution is 2.37. The molecule has 3 aromatic carbocycles. The molecule has 5 aromatic rings. The van der Waals surface area contributed by atoms with Crippen LogP contribution in [0.25, 0.3) is 27.5 Å². The van der Waals surface area contributed by atoms with Crippen LogP contribution in [0.3, 0.4) is 0 Å². The molecule has 0 radical (unpaired) electrons. The zero-order valence-corrected chi connectivity index (χ0v) is 23.6. The minimum absolute atomic E-state index is 0.0466. The third kappa shape index (κ3) is 4.97. The maximum Gasteiger partial charge on any atom is 0.270 e. The van der Waals surface area contributed by atoms with Crippen molar-refractivity contribution in [1.82, 2.24) is 9.55 Å². The summed E-state index contributed by atoms with van der Waals surface area (Å²) in [5, 5.41) is 13.5. The summed E-state index contributed by atoms with van der Waals surface area (Å²) in [6.07, 6.45) is 0.794. The number of methoxy groups -OCH3 is 2. The van der Waals surface area contributed by atoms with E-state index in [9.17, 15) is 19.7 Å². The fourth-order valence-corrected chi connectivity index (χ4v) is 6.15. The van der Waals surface area contributed by atoms with Crippen molar-refractivity contribution in [3.63, 3.8) is 0 Å². The lowest BCUT2D eigenvalue weighted by Gasteiger charge is -2.27. The van der Waals surface area contributed by atoms with Crippen molar-refractivity contribution < 1.29 is 19.2 Å². The Kier molecular flexibility index (Phi) is 7.13. The third-order valence-electron chi connectivity index (χ3n) is 7.48. The van der Waals surface area contributed by atoms with Gasteiger partial charge in [0.2, 0.25) is 0 Å². The van der Waals surface area contributed by atoms with Crippen LogP contribution in [0.4, 0.5) is 5.69 Å². The van der Waals surface area contributed by atoms with Crippen LogP contribution in [0.15, 0.2) is 89.0 Å². The summed E-state index contributed by atoms with van der Waals surface area (Å²) in [6.45, 7) is 0. The van der Waals surface area contributed by atoms with E-state index in [4.69, 9.17) is 9.47 Å². The summed E-state index contributed by atoms with van der Waals surface area (Å²) in [5.74, 6) is 1.21. The van der Waals surface area contributed by atoms with Gasteiger partial charge in [0.1, 0.15) is 16.5 Å². The molecule has 0 aliphatic heterocycles. The number of non-ortho nitro benzene ring substituents is 1. The number of carbonyl (C=O) groups is 1. The number of thiazole rings is 1. The van der Waals surface area contributed by atoms with E-state index in [2.05, 4.69) is 4.98 Å². The number of carbonyl (C=O) groups excluding carboxylic acids is 1. The molecule has 2 aromatic heterocycles. The van der Waals surface area contributed by atoms with Crippen LogP contribution in [0.5, 0.6) is 11.5 Å². The molecular weight excluding hydrogens is 554 g/mol. The maximum absolute atomic E-state index is 14.2. The third-order valence-corrected chi connectivity index (χ3v) is 8.36. The van der Waals surface area contributed by atoms with Gasteiger partial charge in [-0.3, -0.25) is 24.3 Å².